The van der Waals surface area contributed by atoms with Gasteiger partial charge in [0.1, 0.15) is 0 Å². The first-order chi connectivity index (χ1) is 24.7. The molecule has 9 rings (SSSR count). The van der Waals surface area contributed by atoms with Crippen molar-refractivity contribution in [2.45, 2.75) is 19.3 Å². The number of rotatable bonds is 8. The molecule has 0 atom stereocenters. The van der Waals surface area contributed by atoms with Crippen LogP contribution in [0.4, 0.5) is 0 Å². The molecule has 238 valence electrons. The molecule has 2 heterocycles. The summed E-state index contributed by atoms with van der Waals surface area (Å²) in [6.07, 6.45) is 7.73. The van der Waals surface area contributed by atoms with Gasteiger partial charge in [-0.1, -0.05) is 140 Å². The zero-order valence-corrected chi connectivity index (χ0v) is 27.6. The lowest BCUT2D eigenvalue weighted by molar-refractivity contribution is 0.832. The van der Waals surface area contributed by atoms with Gasteiger partial charge in [-0.25, -0.2) is 15.0 Å². The molecule has 1 saturated carbocycles. The second-order valence-corrected chi connectivity index (χ2v) is 13.1. The maximum Gasteiger partial charge on any atom is 0.164 e. The number of aromatic nitrogens is 4. The summed E-state index contributed by atoms with van der Waals surface area (Å²) in [5, 5.41) is 2.26. The minimum absolute atomic E-state index is 0.644. The molecule has 2 aromatic heterocycles. The van der Waals surface area contributed by atoms with E-state index in [1.165, 1.54) is 40.7 Å². The summed E-state index contributed by atoms with van der Waals surface area (Å²) in [5.41, 5.74) is 11.3. The summed E-state index contributed by atoms with van der Waals surface area (Å²) in [5.74, 6) is 2.76. The standard InChI is InChI=1S/C46H34N4/c1-2-8-32(9-3-1)33-18-22-36(23-19-33)44-48-45(50-46(49-44)42-15-7-11-35-10-4-5-14-41(35)42)37-24-20-34(21-25-37)38-12-6-13-39(29-38)43-30-47-27-26-40(43)28-31-16-17-31/h1-15,18-27,29-31H,16-17,28H2. The first kappa shape index (κ1) is 29.8. The fourth-order valence-electron chi connectivity index (χ4n) is 6.79. The van der Waals surface area contributed by atoms with Crippen LogP contribution in [-0.4, -0.2) is 19.9 Å². The van der Waals surface area contributed by atoms with Crippen molar-refractivity contribution < 1.29 is 0 Å². The number of fused-ring (bicyclic) bond motifs is 1. The molecule has 0 saturated heterocycles. The number of benzene rings is 6. The molecule has 4 heteroatoms. The third-order valence-electron chi connectivity index (χ3n) is 9.68. The number of hydrogen-bond acceptors (Lipinski definition) is 4. The summed E-state index contributed by atoms with van der Waals surface area (Å²) < 4.78 is 0. The van der Waals surface area contributed by atoms with Gasteiger partial charge in [0.2, 0.25) is 0 Å². The molecule has 4 nitrogen and oxygen atoms in total. The van der Waals surface area contributed by atoms with Gasteiger partial charge in [-0.05, 0) is 81.5 Å². The van der Waals surface area contributed by atoms with E-state index in [-0.39, 0.29) is 0 Å². The van der Waals surface area contributed by atoms with Crippen LogP contribution in [0.25, 0.3) is 78.3 Å². The molecular weight excluding hydrogens is 609 g/mol. The summed E-state index contributed by atoms with van der Waals surface area (Å²) in [4.78, 5) is 19.7. The Kier molecular flexibility index (Phi) is 7.75. The molecule has 50 heavy (non-hydrogen) atoms. The van der Waals surface area contributed by atoms with E-state index in [0.717, 1.165) is 50.9 Å². The van der Waals surface area contributed by atoms with Crippen LogP contribution in [0.5, 0.6) is 0 Å². The van der Waals surface area contributed by atoms with Gasteiger partial charge in [-0.3, -0.25) is 4.98 Å². The van der Waals surface area contributed by atoms with Gasteiger partial charge >= 0.3 is 0 Å². The van der Waals surface area contributed by atoms with Gasteiger partial charge < -0.3 is 0 Å². The highest BCUT2D eigenvalue weighted by atomic mass is 15.0. The molecule has 1 fully saturated rings. The molecule has 0 unspecified atom stereocenters. The topological polar surface area (TPSA) is 51.6 Å². The molecule has 6 aromatic carbocycles. The van der Waals surface area contributed by atoms with Crippen molar-refractivity contribution in [3.8, 4) is 67.5 Å². The van der Waals surface area contributed by atoms with Crippen LogP contribution in [0, 0.1) is 5.92 Å². The van der Waals surface area contributed by atoms with Crippen LogP contribution < -0.4 is 0 Å². The van der Waals surface area contributed by atoms with Crippen molar-refractivity contribution in [1.29, 1.82) is 0 Å². The third kappa shape index (κ3) is 6.08. The fourth-order valence-corrected chi connectivity index (χ4v) is 6.79. The average Bonchev–Trinajstić information content (AvgIpc) is 4.02. The maximum absolute atomic E-state index is 5.08. The van der Waals surface area contributed by atoms with E-state index in [1.54, 1.807) is 0 Å². The molecular formula is C46H34N4. The average molecular weight is 643 g/mol. The Morgan fingerprint density at radius 1 is 0.440 bits per heavy atom. The lowest BCUT2D eigenvalue weighted by atomic mass is 9.95. The predicted molar refractivity (Wildman–Crippen MR) is 204 cm³/mol. The Morgan fingerprint density at radius 2 is 1.00 bits per heavy atom. The summed E-state index contributed by atoms with van der Waals surface area (Å²) in [6, 6.07) is 53.1. The van der Waals surface area contributed by atoms with Crippen molar-refractivity contribution >= 4 is 10.8 Å². The zero-order chi connectivity index (χ0) is 33.3. The van der Waals surface area contributed by atoms with Crippen molar-refractivity contribution in [3.05, 3.63) is 170 Å². The summed E-state index contributed by atoms with van der Waals surface area (Å²) >= 11 is 0. The van der Waals surface area contributed by atoms with E-state index in [9.17, 15) is 0 Å². The smallest absolute Gasteiger partial charge is 0.164 e. The lowest BCUT2D eigenvalue weighted by Gasteiger charge is -2.12. The first-order valence-electron chi connectivity index (χ1n) is 17.3. The van der Waals surface area contributed by atoms with Crippen LogP contribution in [0.15, 0.2) is 164 Å². The molecule has 0 spiro atoms. The van der Waals surface area contributed by atoms with E-state index >= 15 is 0 Å². The van der Waals surface area contributed by atoms with Crippen molar-refractivity contribution in [2.75, 3.05) is 0 Å². The predicted octanol–water partition coefficient (Wildman–Crippen LogP) is 11.4. The van der Waals surface area contributed by atoms with Crippen LogP contribution in [0.3, 0.4) is 0 Å². The molecule has 1 aliphatic carbocycles. The number of pyridine rings is 1. The normalized spacial score (nSPS) is 12.6. The molecule has 0 N–H and O–H groups in total. The van der Waals surface area contributed by atoms with Crippen molar-refractivity contribution in [2.24, 2.45) is 5.92 Å². The van der Waals surface area contributed by atoms with E-state index in [4.69, 9.17) is 15.0 Å². The summed E-state index contributed by atoms with van der Waals surface area (Å²) in [6.45, 7) is 0. The second kappa shape index (κ2) is 13.0. The highest BCUT2D eigenvalue weighted by molar-refractivity contribution is 5.95. The number of nitrogens with zero attached hydrogens (tertiary/aromatic N) is 4. The highest BCUT2D eigenvalue weighted by Crippen LogP contribution is 2.37. The van der Waals surface area contributed by atoms with Gasteiger partial charge in [-0.2, -0.15) is 0 Å². The Morgan fingerprint density at radius 3 is 1.74 bits per heavy atom. The zero-order valence-electron chi connectivity index (χ0n) is 27.6. The first-order valence-corrected chi connectivity index (χ1v) is 17.3. The maximum atomic E-state index is 5.08. The Labute approximate surface area is 292 Å². The van der Waals surface area contributed by atoms with Gasteiger partial charge in [0, 0.05) is 34.6 Å². The molecule has 0 aliphatic heterocycles. The monoisotopic (exact) mass is 642 g/mol. The minimum Gasteiger partial charge on any atom is -0.264 e. The quantitative estimate of drug-likeness (QED) is 0.165. The second-order valence-electron chi connectivity index (χ2n) is 13.1. The minimum atomic E-state index is 0.644. The largest absolute Gasteiger partial charge is 0.264 e. The Hall–Kier alpha value is -6.26. The van der Waals surface area contributed by atoms with Gasteiger partial charge in [0.25, 0.3) is 0 Å². The van der Waals surface area contributed by atoms with E-state index < -0.39 is 0 Å². The van der Waals surface area contributed by atoms with Crippen molar-refractivity contribution in [1.82, 2.24) is 19.9 Å². The summed E-state index contributed by atoms with van der Waals surface area (Å²) in [7, 11) is 0. The molecule has 1 aliphatic rings. The van der Waals surface area contributed by atoms with Crippen LogP contribution in [0.1, 0.15) is 18.4 Å². The lowest BCUT2D eigenvalue weighted by Crippen LogP contribution is -2.00. The van der Waals surface area contributed by atoms with Gasteiger partial charge in [0.05, 0.1) is 0 Å². The molecule has 8 aromatic rings. The Balaban J connectivity index is 1.09. The van der Waals surface area contributed by atoms with Crippen LogP contribution in [0.2, 0.25) is 0 Å². The van der Waals surface area contributed by atoms with Gasteiger partial charge in [0.15, 0.2) is 17.5 Å². The van der Waals surface area contributed by atoms with E-state index in [0.29, 0.717) is 17.5 Å². The SMILES string of the molecule is c1ccc(-c2ccc(-c3nc(-c4ccc(-c5cccc(-c6cnccc6CC6CC6)c5)cc4)nc(-c4cccc5ccccc45)n3)cc2)cc1. The Bertz CT molecular complexity index is 2440. The van der Waals surface area contributed by atoms with Gasteiger partial charge in [-0.15, -0.1) is 0 Å². The van der Waals surface area contributed by atoms with E-state index in [2.05, 4.69) is 151 Å². The van der Waals surface area contributed by atoms with Crippen LogP contribution in [-0.2, 0) is 6.42 Å². The van der Waals surface area contributed by atoms with Crippen LogP contribution >= 0.6 is 0 Å². The molecule has 0 bridgehead atoms. The molecule has 0 amide bonds. The third-order valence-corrected chi connectivity index (χ3v) is 9.68. The van der Waals surface area contributed by atoms with Crippen molar-refractivity contribution in [3.63, 3.8) is 0 Å². The fraction of sp³-hybridized carbons (Fsp3) is 0.0870. The highest BCUT2D eigenvalue weighted by Gasteiger charge is 2.23. The van der Waals surface area contributed by atoms with E-state index in [1.807, 2.05) is 18.5 Å². The number of hydrogen-bond donors (Lipinski definition) is 0. The molecule has 0 radical (unpaired) electrons.